The van der Waals surface area contributed by atoms with Gasteiger partial charge in [-0.15, -0.1) is 0 Å². The molecule has 2 aromatic carbocycles. The highest BCUT2D eigenvalue weighted by Gasteiger charge is 2.24. The van der Waals surface area contributed by atoms with Crippen molar-refractivity contribution >= 4 is 11.0 Å². The number of aromatic nitrogens is 2. The monoisotopic (exact) mass is 339 g/mol. The van der Waals surface area contributed by atoms with Crippen LogP contribution in [-0.4, -0.2) is 22.4 Å². The van der Waals surface area contributed by atoms with E-state index in [9.17, 15) is 5.11 Å². The third-order valence-corrected chi connectivity index (χ3v) is 4.58. The Bertz CT molecular complexity index is 837. The first kappa shape index (κ1) is 17.5. The number of imidazole rings is 1. The second-order valence-electron chi connectivity index (χ2n) is 6.39. The molecular weight excluding hydrogens is 312 g/mol. The number of aliphatic hydroxyl groups is 1. The molecule has 1 unspecified atom stereocenters. The Morgan fingerprint density at radius 1 is 1.08 bits per heavy atom. The van der Waals surface area contributed by atoms with Crippen LogP contribution in [0.5, 0.6) is 5.75 Å². The average Bonchev–Trinajstić information content (AvgIpc) is 2.94. The summed E-state index contributed by atoms with van der Waals surface area (Å²) in [6, 6.07) is 16.3. The summed E-state index contributed by atoms with van der Waals surface area (Å²) in [5, 5.41) is 10.5. The fraction of sp³-hybridized carbons (Fsp3) is 0.381. The van der Waals surface area contributed by atoms with Gasteiger partial charge in [0.05, 0.1) is 6.54 Å². The topological polar surface area (TPSA) is 38.3 Å². The lowest BCUT2D eigenvalue weighted by Crippen LogP contribution is -2.44. The Hall–Kier alpha value is -2.33. The molecule has 25 heavy (non-hydrogen) atoms. The lowest BCUT2D eigenvalue weighted by atomic mass is 10.2. The Balaban J connectivity index is 1.78. The molecule has 3 aromatic rings. The van der Waals surface area contributed by atoms with Gasteiger partial charge in [0.1, 0.15) is 25.0 Å². The van der Waals surface area contributed by atoms with Crippen LogP contribution in [0.15, 0.2) is 48.5 Å². The molecule has 0 bridgehead atoms. The van der Waals surface area contributed by atoms with E-state index in [1.165, 1.54) is 16.9 Å². The van der Waals surface area contributed by atoms with Gasteiger partial charge in [-0.25, -0.2) is 9.13 Å². The Morgan fingerprint density at radius 3 is 2.48 bits per heavy atom. The molecule has 1 heterocycles. The molecule has 0 fully saturated rings. The smallest absolute Gasteiger partial charge is 0.257 e. The van der Waals surface area contributed by atoms with Gasteiger partial charge in [-0.1, -0.05) is 36.8 Å². The highest BCUT2D eigenvalue weighted by molar-refractivity contribution is 5.72. The molecule has 4 nitrogen and oxygen atoms in total. The highest BCUT2D eigenvalue weighted by Crippen LogP contribution is 2.16. The summed E-state index contributed by atoms with van der Waals surface area (Å²) in [5.74, 6) is 2.03. The van der Waals surface area contributed by atoms with Gasteiger partial charge < -0.3 is 9.84 Å². The molecule has 1 N–H and O–H groups in total. The molecule has 1 aromatic heterocycles. The summed E-state index contributed by atoms with van der Waals surface area (Å²) in [4.78, 5) is 0. The van der Waals surface area contributed by atoms with Crippen molar-refractivity contribution in [3.8, 4) is 5.75 Å². The van der Waals surface area contributed by atoms with Crippen LogP contribution in [0.1, 0.15) is 25.2 Å². The summed E-state index contributed by atoms with van der Waals surface area (Å²) in [7, 11) is 0. The number of aryl methyl sites for hydroxylation is 2. The third kappa shape index (κ3) is 3.69. The Morgan fingerprint density at radius 2 is 1.80 bits per heavy atom. The van der Waals surface area contributed by atoms with Crippen LogP contribution in [0.3, 0.4) is 0 Å². The average molecular weight is 339 g/mol. The number of para-hydroxylation sites is 2. The van der Waals surface area contributed by atoms with Crippen LogP contribution in [-0.2, 0) is 19.5 Å². The molecule has 132 valence electrons. The van der Waals surface area contributed by atoms with Crippen LogP contribution < -0.4 is 9.30 Å². The zero-order chi connectivity index (χ0) is 17.8. The van der Waals surface area contributed by atoms with Crippen LogP contribution in [0.4, 0.5) is 0 Å². The first-order valence-electron chi connectivity index (χ1n) is 9.01. The quantitative estimate of drug-likeness (QED) is 0.671. The maximum Gasteiger partial charge on any atom is 0.257 e. The molecule has 0 aliphatic heterocycles. The summed E-state index contributed by atoms with van der Waals surface area (Å²) in [6.07, 6.45) is 0.362. The zero-order valence-electron chi connectivity index (χ0n) is 15.3. The van der Waals surface area contributed by atoms with Gasteiger partial charge in [-0.3, -0.25) is 0 Å². The van der Waals surface area contributed by atoms with Crippen LogP contribution in [0.2, 0.25) is 0 Å². The van der Waals surface area contributed by atoms with Gasteiger partial charge in [0, 0.05) is 6.42 Å². The number of ether oxygens (including phenoxy) is 1. The molecule has 1 atom stereocenters. The molecule has 0 aliphatic carbocycles. The number of rotatable bonds is 7. The van der Waals surface area contributed by atoms with E-state index in [1.54, 1.807) is 0 Å². The van der Waals surface area contributed by atoms with Crippen molar-refractivity contribution in [3.63, 3.8) is 0 Å². The number of hydrogen-bond acceptors (Lipinski definition) is 2. The first-order chi connectivity index (χ1) is 12.1. The van der Waals surface area contributed by atoms with Gasteiger partial charge in [0.2, 0.25) is 0 Å². The number of benzene rings is 2. The zero-order valence-corrected chi connectivity index (χ0v) is 15.3. The molecule has 0 saturated carbocycles. The van der Waals surface area contributed by atoms with Crippen molar-refractivity contribution in [1.82, 2.24) is 4.57 Å². The first-order valence-corrected chi connectivity index (χ1v) is 9.01. The van der Waals surface area contributed by atoms with E-state index >= 15 is 0 Å². The fourth-order valence-corrected chi connectivity index (χ4v) is 3.37. The van der Waals surface area contributed by atoms with Gasteiger partial charge in [-0.05, 0) is 38.1 Å². The fourth-order valence-electron chi connectivity index (χ4n) is 3.37. The Labute approximate surface area is 149 Å². The SMILES string of the molecule is CCc1n(CC)c2ccccc2[n+]1CC(O)COc1ccc(C)cc1. The van der Waals surface area contributed by atoms with Crippen LogP contribution in [0.25, 0.3) is 11.0 Å². The minimum Gasteiger partial charge on any atom is -0.491 e. The predicted molar refractivity (Wildman–Crippen MR) is 99.9 cm³/mol. The number of hydrogen-bond donors (Lipinski definition) is 1. The largest absolute Gasteiger partial charge is 0.491 e. The van der Waals surface area contributed by atoms with Crippen molar-refractivity contribution in [2.45, 2.75) is 46.4 Å². The van der Waals surface area contributed by atoms with Crippen molar-refractivity contribution < 1.29 is 14.4 Å². The van der Waals surface area contributed by atoms with Crippen molar-refractivity contribution in [2.24, 2.45) is 0 Å². The maximum atomic E-state index is 10.5. The molecule has 4 heteroatoms. The summed E-state index contributed by atoms with van der Waals surface area (Å²) in [5.41, 5.74) is 3.58. The van der Waals surface area contributed by atoms with Crippen LogP contribution in [0, 0.1) is 6.92 Å². The van der Waals surface area contributed by atoms with E-state index < -0.39 is 6.10 Å². The van der Waals surface area contributed by atoms with Crippen molar-refractivity contribution in [2.75, 3.05) is 6.61 Å². The van der Waals surface area contributed by atoms with E-state index in [4.69, 9.17) is 4.74 Å². The van der Waals surface area contributed by atoms with E-state index in [0.717, 1.165) is 24.2 Å². The van der Waals surface area contributed by atoms with E-state index in [2.05, 4.69) is 41.2 Å². The summed E-state index contributed by atoms with van der Waals surface area (Å²) in [6.45, 7) is 8.10. The lowest BCUT2D eigenvalue weighted by molar-refractivity contribution is -0.686. The molecule has 0 radical (unpaired) electrons. The second-order valence-corrected chi connectivity index (χ2v) is 6.39. The van der Waals surface area contributed by atoms with Gasteiger partial charge >= 0.3 is 0 Å². The van der Waals surface area contributed by atoms with Crippen molar-refractivity contribution in [1.29, 1.82) is 0 Å². The molecule has 0 spiro atoms. The van der Waals surface area contributed by atoms with E-state index in [-0.39, 0.29) is 6.61 Å². The van der Waals surface area contributed by atoms with Crippen LogP contribution >= 0.6 is 0 Å². The second kappa shape index (κ2) is 7.70. The molecule has 0 saturated heterocycles. The number of fused-ring (bicyclic) bond motifs is 1. The number of nitrogens with zero attached hydrogens (tertiary/aromatic N) is 2. The maximum absolute atomic E-state index is 10.5. The van der Waals surface area contributed by atoms with Gasteiger partial charge in [0.15, 0.2) is 11.0 Å². The predicted octanol–water partition coefficient (Wildman–Crippen LogP) is 3.26. The normalized spacial score (nSPS) is 12.5. The molecule has 0 aliphatic rings. The van der Waals surface area contributed by atoms with E-state index in [0.29, 0.717) is 6.54 Å². The van der Waals surface area contributed by atoms with Gasteiger partial charge in [-0.2, -0.15) is 0 Å². The molecule has 0 amide bonds. The van der Waals surface area contributed by atoms with E-state index in [1.807, 2.05) is 37.3 Å². The molecule has 3 rings (SSSR count). The molecular formula is C21H27N2O2+. The van der Waals surface area contributed by atoms with Gasteiger partial charge in [0.25, 0.3) is 5.82 Å². The lowest BCUT2D eigenvalue weighted by Gasteiger charge is -2.12. The minimum atomic E-state index is -0.562. The van der Waals surface area contributed by atoms with Crippen molar-refractivity contribution in [3.05, 3.63) is 59.9 Å². The Kier molecular flexibility index (Phi) is 5.39. The highest BCUT2D eigenvalue weighted by atomic mass is 16.5. The summed E-state index contributed by atoms with van der Waals surface area (Å²) >= 11 is 0. The number of aliphatic hydroxyl groups excluding tert-OH is 1. The minimum absolute atomic E-state index is 0.283. The standard InChI is InChI=1S/C21H27N2O2/c1-4-21-22(5-2)19-8-6-7-9-20(19)23(21)14-17(24)15-25-18-12-10-16(3)11-13-18/h6-13,17,24H,4-5,14-15H2,1-3H3/q+1. The third-order valence-electron chi connectivity index (χ3n) is 4.58. The summed E-state index contributed by atoms with van der Waals surface area (Å²) < 4.78 is 10.3.